The van der Waals surface area contributed by atoms with Gasteiger partial charge in [-0.25, -0.2) is 0 Å². The Bertz CT molecular complexity index is 472. The second-order valence-electron chi connectivity index (χ2n) is 5.47. The Labute approximate surface area is 136 Å². The highest BCUT2D eigenvalue weighted by Gasteiger charge is 2.17. The second-order valence-corrected chi connectivity index (χ2v) is 5.47. The van der Waals surface area contributed by atoms with E-state index in [-0.39, 0.29) is 12.3 Å². The summed E-state index contributed by atoms with van der Waals surface area (Å²) in [7, 11) is 0. The number of ether oxygens (including phenoxy) is 2. The van der Waals surface area contributed by atoms with Crippen molar-refractivity contribution in [1.82, 2.24) is 9.80 Å². The second kappa shape index (κ2) is 9.34. The van der Waals surface area contributed by atoms with E-state index < -0.39 is 5.97 Å². The molecule has 1 fully saturated rings. The summed E-state index contributed by atoms with van der Waals surface area (Å²) in [6.45, 7) is 5.92. The van der Waals surface area contributed by atoms with Gasteiger partial charge < -0.3 is 19.7 Å². The number of benzene rings is 1. The first kappa shape index (κ1) is 17.5. The summed E-state index contributed by atoms with van der Waals surface area (Å²) >= 11 is 0. The first-order chi connectivity index (χ1) is 11.1. The van der Waals surface area contributed by atoms with E-state index in [1.54, 1.807) is 24.3 Å². The van der Waals surface area contributed by atoms with Crippen molar-refractivity contribution in [1.29, 1.82) is 0 Å². The fourth-order valence-corrected chi connectivity index (χ4v) is 2.42. The molecule has 128 valence electrons. The molecule has 1 aromatic rings. The van der Waals surface area contributed by atoms with Gasteiger partial charge in [0.15, 0.2) is 0 Å². The molecule has 1 aliphatic heterocycles. The lowest BCUT2D eigenvalue weighted by Crippen LogP contribution is -2.48. The maximum Gasteiger partial charge on any atom is 0.317 e. The molecule has 7 heteroatoms. The number of hydrogen-bond acceptors (Lipinski definition) is 6. The number of carbonyl (C=O) groups is 1. The number of phenols is 1. The number of piperazine rings is 1. The Morgan fingerprint density at radius 1 is 1.00 bits per heavy atom. The molecule has 1 aliphatic rings. The number of aliphatic carboxylic acids is 1. The molecule has 1 saturated heterocycles. The van der Waals surface area contributed by atoms with Crippen molar-refractivity contribution in [3.05, 3.63) is 24.3 Å². The highest BCUT2D eigenvalue weighted by molar-refractivity contribution is 5.69. The number of phenolic OH excluding ortho intramolecular Hbond substituents is 1. The Morgan fingerprint density at radius 2 is 1.65 bits per heavy atom. The summed E-state index contributed by atoms with van der Waals surface area (Å²) in [4.78, 5) is 14.9. The lowest BCUT2D eigenvalue weighted by Gasteiger charge is -2.33. The van der Waals surface area contributed by atoms with Crippen LogP contribution < -0.4 is 4.74 Å². The van der Waals surface area contributed by atoms with Gasteiger partial charge in [0.25, 0.3) is 0 Å². The van der Waals surface area contributed by atoms with Gasteiger partial charge in [0.1, 0.15) is 18.1 Å². The van der Waals surface area contributed by atoms with Crippen molar-refractivity contribution >= 4 is 5.97 Å². The molecule has 0 atom stereocenters. The summed E-state index contributed by atoms with van der Waals surface area (Å²) < 4.78 is 11.0. The number of rotatable bonds is 9. The fraction of sp³-hybridized carbons (Fsp3) is 0.562. The average molecular weight is 324 g/mol. The maximum atomic E-state index is 10.6. The quantitative estimate of drug-likeness (QED) is 0.640. The first-order valence-corrected chi connectivity index (χ1v) is 7.79. The van der Waals surface area contributed by atoms with Crippen LogP contribution in [0.3, 0.4) is 0 Å². The monoisotopic (exact) mass is 324 g/mol. The molecule has 23 heavy (non-hydrogen) atoms. The zero-order chi connectivity index (χ0) is 16.5. The average Bonchev–Trinajstić information content (AvgIpc) is 2.53. The van der Waals surface area contributed by atoms with E-state index in [0.29, 0.717) is 25.6 Å². The van der Waals surface area contributed by atoms with Crippen LogP contribution in [0.2, 0.25) is 0 Å². The highest BCUT2D eigenvalue weighted by atomic mass is 16.5. The van der Waals surface area contributed by atoms with Crippen LogP contribution in [0.1, 0.15) is 0 Å². The van der Waals surface area contributed by atoms with Gasteiger partial charge in [-0.05, 0) is 24.3 Å². The van der Waals surface area contributed by atoms with E-state index in [9.17, 15) is 4.79 Å². The zero-order valence-corrected chi connectivity index (χ0v) is 13.2. The molecule has 0 saturated carbocycles. The van der Waals surface area contributed by atoms with Crippen molar-refractivity contribution in [2.24, 2.45) is 0 Å². The van der Waals surface area contributed by atoms with Crippen LogP contribution in [0, 0.1) is 0 Å². The van der Waals surface area contributed by atoms with Crippen molar-refractivity contribution in [3.8, 4) is 11.5 Å². The van der Waals surface area contributed by atoms with Crippen LogP contribution in [-0.4, -0.2) is 85.1 Å². The Kier molecular flexibility index (Phi) is 7.12. The third-order valence-corrected chi connectivity index (χ3v) is 3.71. The predicted molar refractivity (Wildman–Crippen MR) is 84.9 cm³/mol. The molecule has 7 nitrogen and oxygen atoms in total. The van der Waals surface area contributed by atoms with Crippen LogP contribution in [-0.2, 0) is 9.53 Å². The van der Waals surface area contributed by atoms with E-state index >= 15 is 0 Å². The van der Waals surface area contributed by atoms with E-state index in [2.05, 4.69) is 4.90 Å². The molecule has 2 rings (SSSR count). The lowest BCUT2D eigenvalue weighted by atomic mass is 10.3. The SMILES string of the molecule is O=C(O)CN1CCN(CCOCCOc2ccc(O)cc2)CC1. The highest BCUT2D eigenvalue weighted by Crippen LogP contribution is 2.15. The molecule has 0 bridgehead atoms. The summed E-state index contributed by atoms with van der Waals surface area (Å²) in [5.74, 6) is 0.161. The summed E-state index contributed by atoms with van der Waals surface area (Å²) in [6.07, 6.45) is 0. The molecule has 2 N–H and O–H groups in total. The molecular weight excluding hydrogens is 300 g/mol. The van der Waals surface area contributed by atoms with E-state index in [0.717, 1.165) is 32.7 Å². The molecule has 0 unspecified atom stereocenters. The zero-order valence-electron chi connectivity index (χ0n) is 13.2. The van der Waals surface area contributed by atoms with Crippen LogP contribution in [0.15, 0.2) is 24.3 Å². The largest absolute Gasteiger partial charge is 0.508 e. The molecular formula is C16H24N2O5. The smallest absolute Gasteiger partial charge is 0.317 e. The molecule has 0 radical (unpaired) electrons. The number of carboxylic acids is 1. The molecule has 0 aromatic heterocycles. The molecule has 0 spiro atoms. The van der Waals surface area contributed by atoms with E-state index in [1.807, 2.05) is 4.90 Å². The minimum Gasteiger partial charge on any atom is -0.508 e. The molecule has 1 heterocycles. The van der Waals surface area contributed by atoms with Crippen molar-refractivity contribution < 1.29 is 24.5 Å². The van der Waals surface area contributed by atoms with Gasteiger partial charge in [0.05, 0.1) is 19.8 Å². The van der Waals surface area contributed by atoms with Crippen molar-refractivity contribution in [2.75, 3.05) is 59.1 Å². The van der Waals surface area contributed by atoms with Gasteiger partial charge >= 0.3 is 5.97 Å². The van der Waals surface area contributed by atoms with Crippen LogP contribution in [0.25, 0.3) is 0 Å². The summed E-state index contributed by atoms with van der Waals surface area (Å²) in [6, 6.07) is 6.60. The van der Waals surface area contributed by atoms with Crippen molar-refractivity contribution in [2.45, 2.75) is 0 Å². The summed E-state index contributed by atoms with van der Waals surface area (Å²) in [5, 5.41) is 17.9. The maximum absolute atomic E-state index is 10.6. The van der Waals surface area contributed by atoms with Crippen LogP contribution in [0.5, 0.6) is 11.5 Å². The van der Waals surface area contributed by atoms with Gasteiger partial charge in [-0.3, -0.25) is 14.6 Å². The molecule has 0 amide bonds. The Balaban J connectivity index is 1.48. The van der Waals surface area contributed by atoms with Gasteiger partial charge in [0.2, 0.25) is 0 Å². The number of nitrogens with zero attached hydrogens (tertiary/aromatic N) is 2. The predicted octanol–water partition coefficient (Wildman–Crippen LogP) is 0.490. The fourth-order valence-electron chi connectivity index (χ4n) is 2.42. The number of carboxylic acid groups (broad SMARTS) is 1. The number of aromatic hydroxyl groups is 1. The standard InChI is InChI=1S/C16H24N2O5/c19-14-1-3-15(4-2-14)23-12-11-22-10-9-17-5-7-18(8-6-17)13-16(20)21/h1-4,19H,5-13H2,(H,20,21). The normalized spacial score (nSPS) is 16.3. The Morgan fingerprint density at radius 3 is 2.30 bits per heavy atom. The lowest BCUT2D eigenvalue weighted by molar-refractivity contribution is -0.138. The number of hydrogen-bond donors (Lipinski definition) is 2. The van der Waals surface area contributed by atoms with E-state index in [4.69, 9.17) is 19.7 Å². The molecule has 0 aliphatic carbocycles. The minimum absolute atomic E-state index is 0.124. The van der Waals surface area contributed by atoms with Crippen LogP contribution in [0.4, 0.5) is 0 Å². The van der Waals surface area contributed by atoms with Gasteiger partial charge in [0, 0.05) is 32.7 Å². The Hall–Kier alpha value is -1.83. The topological polar surface area (TPSA) is 82.5 Å². The summed E-state index contributed by atoms with van der Waals surface area (Å²) in [5.41, 5.74) is 0. The van der Waals surface area contributed by atoms with E-state index in [1.165, 1.54) is 0 Å². The molecule has 1 aromatic carbocycles. The van der Waals surface area contributed by atoms with Gasteiger partial charge in [-0.2, -0.15) is 0 Å². The van der Waals surface area contributed by atoms with Crippen LogP contribution >= 0.6 is 0 Å². The third kappa shape index (κ3) is 6.85. The van der Waals surface area contributed by atoms with Crippen molar-refractivity contribution in [3.63, 3.8) is 0 Å². The third-order valence-electron chi connectivity index (χ3n) is 3.71. The van der Waals surface area contributed by atoms with Gasteiger partial charge in [-0.1, -0.05) is 0 Å². The van der Waals surface area contributed by atoms with Gasteiger partial charge in [-0.15, -0.1) is 0 Å². The first-order valence-electron chi connectivity index (χ1n) is 7.79. The minimum atomic E-state index is -0.768.